The van der Waals surface area contributed by atoms with Crippen LogP contribution in [0.4, 0.5) is 11.4 Å². The van der Waals surface area contributed by atoms with Crippen LogP contribution in [0.1, 0.15) is 15.9 Å². The Kier molecular flexibility index (Phi) is 4.75. The number of aromatic nitrogens is 1. The Bertz CT molecular complexity index is 836. The molecule has 0 aliphatic heterocycles. The number of hydrogen-bond acceptors (Lipinski definition) is 8. The highest BCUT2D eigenvalue weighted by Crippen LogP contribution is 2.31. The molecule has 1 aromatic carbocycles. The highest BCUT2D eigenvalue weighted by molar-refractivity contribution is 5.95. The van der Waals surface area contributed by atoms with E-state index in [1.54, 1.807) is 0 Å². The Morgan fingerprint density at radius 1 is 1.25 bits per heavy atom. The van der Waals surface area contributed by atoms with Gasteiger partial charge in [-0.05, 0) is 17.9 Å². The lowest BCUT2D eigenvalue weighted by molar-refractivity contribution is -0.403. The number of nitro groups is 2. The number of nitrogens with one attached hydrogen (secondary N) is 1. The molecule has 2 aromatic rings. The number of carbonyl (C=O) groups is 1. The number of amides is 1. The minimum Gasteiger partial charge on any atom is -0.867 e. The van der Waals surface area contributed by atoms with E-state index in [0.29, 0.717) is 6.07 Å². The van der Waals surface area contributed by atoms with E-state index in [-0.39, 0.29) is 5.56 Å². The van der Waals surface area contributed by atoms with Gasteiger partial charge in [0, 0.05) is 24.0 Å². The number of nitrogens with zero attached hydrogens (tertiary/aromatic N) is 4. The van der Waals surface area contributed by atoms with Crippen LogP contribution < -0.4 is 10.5 Å². The van der Waals surface area contributed by atoms with Crippen molar-refractivity contribution in [2.24, 2.45) is 5.10 Å². The van der Waals surface area contributed by atoms with E-state index in [1.807, 2.05) is 0 Å². The van der Waals surface area contributed by atoms with Crippen molar-refractivity contribution < 1.29 is 19.7 Å². The zero-order valence-corrected chi connectivity index (χ0v) is 11.8. The van der Waals surface area contributed by atoms with E-state index in [2.05, 4.69) is 15.5 Å². The van der Waals surface area contributed by atoms with Crippen LogP contribution in [-0.4, -0.2) is 27.0 Å². The molecule has 0 bridgehead atoms. The average molecular weight is 330 g/mol. The molecule has 1 N–H and O–H groups in total. The van der Waals surface area contributed by atoms with Gasteiger partial charge in [-0.15, -0.1) is 0 Å². The van der Waals surface area contributed by atoms with Gasteiger partial charge in [0.2, 0.25) is 0 Å². The maximum absolute atomic E-state index is 11.9. The maximum atomic E-state index is 11.9. The summed E-state index contributed by atoms with van der Waals surface area (Å²) >= 11 is 0. The van der Waals surface area contributed by atoms with Crippen LogP contribution in [0, 0.1) is 20.2 Å². The topological polar surface area (TPSA) is 164 Å². The van der Waals surface area contributed by atoms with Crippen LogP contribution in [0.3, 0.4) is 0 Å². The second-order valence-corrected chi connectivity index (χ2v) is 4.34. The fourth-order valence-corrected chi connectivity index (χ4v) is 1.68. The number of benzene rings is 1. The van der Waals surface area contributed by atoms with E-state index in [0.717, 1.165) is 12.3 Å². The molecule has 122 valence electrons. The lowest BCUT2D eigenvalue weighted by Crippen LogP contribution is -2.17. The van der Waals surface area contributed by atoms with Crippen molar-refractivity contribution in [3.8, 4) is 5.75 Å². The summed E-state index contributed by atoms with van der Waals surface area (Å²) < 4.78 is 0. The first-order valence-corrected chi connectivity index (χ1v) is 6.27. The zero-order valence-electron chi connectivity index (χ0n) is 11.8. The van der Waals surface area contributed by atoms with E-state index < -0.39 is 38.4 Å². The molecule has 11 nitrogen and oxygen atoms in total. The lowest BCUT2D eigenvalue weighted by Gasteiger charge is -2.10. The van der Waals surface area contributed by atoms with Crippen LogP contribution >= 0.6 is 0 Å². The highest BCUT2D eigenvalue weighted by atomic mass is 16.6. The summed E-state index contributed by atoms with van der Waals surface area (Å²) in [4.78, 5) is 35.1. The zero-order chi connectivity index (χ0) is 17.7. The first-order chi connectivity index (χ1) is 11.4. The van der Waals surface area contributed by atoms with Crippen LogP contribution in [-0.2, 0) is 0 Å². The quantitative estimate of drug-likeness (QED) is 0.479. The minimum atomic E-state index is -1.05. The number of hydrazone groups is 1. The van der Waals surface area contributed by atoms with E-state index >= 15 is 0 Å². The summed E-state index contributed by atoms with van der Waals surface area (Å²) in [6.45, 7) is 0. The Balaban J connectivity index is 2.27. The molecule has 2 rings (SSSR count). The second kappa shape index (κ2) is 6.91. The average Bonchev–Trinajstić information content (AvgIpc) is 2.56. The third kappa shape index (κ3) is 3.65. The molecular weight excluding hydrogens is 322 g/mol. The summed E-state index contributed by atoms with van der Waals surface area (Å²) in [6.07, 6.45) is 3.55. The van der Waals surface area contributed by atoms with Crippen LogP contribution in [0.25, 0.3) is 0 Å². The Morgan fingerprint density at radius 2 is 2.00 bits per heavy atom. The first-order valence-electron chi connectivity index (χ1n) is 6.27. The monoisotopic (exact) mass is 330 g/mol. The number of hydrogen-bond donors (Lipinski definition) is 1. The van der Waals surface area contributed by atoms with Gasteiger partial charge >= 0.3 is 0 Å². The molecule has 0 spiro atoms. The Hall–Kier alpha value is -3.89. The summed E-state index contributed by atoms with van der Waals surface area (Å²) in [5, 5.41) is 36.9. The molecule has 0 radical (unpaired) electrons. The molecule has 24 heavy (non-hydrogen) atoms. The standard InChI is InChI=1S/C13H9N5O6/c19-12-9(4-10(17(21)22)5-11(12)18(23)24)7-15-16-13(20)8-2-1-3-14-6-8/h1-7,19H,(H,16,20)/p-1. The number of nitro benzene ring substituents is 2. The largest absolute Gasteiger partial charge is 0.867 e. The highest BCUT2D eigenvalue weighted by Gasteiger charge is 2.18. The Morgan fingerprint density at radius 3 is 2.58 bits per heavy atom. The minimum absolute atomic E-state index is 0.196. The van der Waals surface area contributed by atoms with Crippen LogP contribution in [0.15, 0.2) is 41.8 Å². The third-order valence-electron chi connectivity index (χ3n) is 2.78. The molecule has 0 aliphatic carbocycles. The lowest BCUT2D eigenvalue weighted by atomic mass is 10.1. The number of non-ortho nitro benzene ring substituents is 1. The van der Waals surface area contributed by atoms with Gasteiger partial charge in [-0.1, -0.05) is 0 Å². The second-order valence-electron chi connectivity index (χ2n) is 4.34. The molecule has 1 amide bonds. The molecule has 0 atom stereocenters. The molecule has 0 saturated heterocycles. The van der Waals surface area contributed by atoms with E-state index in [1.165, 1.54) is 24.5 Å². The van der Waals surface area contributed by atoms with Crippen molar-refractivity contribution in [3.05, 3.63) is 68.0 Å². The summed E-state index contributed by atoms with van der Waals surface area (Å²) in [5.41, 5.74) is 0.288. The number of carbonyl (C=O) groups excluding carboxylic acids is 1. The molecule has 11 heteroatoms. The first kappa shape index (κ1) is 16.5. The summed E-state index contributed by atoms with van der Waals surface area (Å²) in [5.74, 6) is -1.68. The molecule has 0 aliphatic rings. The molecule has 1 heterocycles. The third-order valence-corrected chi connectivity index (χ3v) is 2.78. The molecule has 0 unspecified atom stereocenters. The van der Waals surface area contributed by atoms with Gasteiger partial charge in [0.1, 0.15) is 0 Å². The smallest absolute Gasteiger partial charge is 0.276 e. The van der Waals surface area contributed by atoms with Gasteiger partial charge in [-0.25, -0.2) is 5.43 Å². The fourth-order valence-electron chi connectivity index (χ4n) is 1.68. The van der Waals surface area contributed by atoms with Gasteiger partial charge in [0.25, 0.3) is 17.3 Å². The van der Waals surface area contributed by atoms with Crippen molar-refractivity contribution in [1.82, 2.24) is 10.4 Å². The Labute approximate surface area is 133 Å². The maximum Gasteiger partial charge on any atom is 0.276 e. The number of pyridine rings is 1. The van der Waals surface area contributed by atoms with Crippen molar-refractivity contribution in [2.75, 3.05) is 0 Å². The van der Waals surface area contributed by atoms with Crippen LogP contribution in [0.2, 0.25) is 0 Å². The van der Waals surface area contributed by atoms with Crippen molar-refractivity contribution >= 4 is 23.5 Å². The molecule has 0 fully saturated rings. The fraction of sp³-hybridized carbons (Fsp3) is 0. The molecular formula is C13H8N5O6-. The van der Waals surface area contributed by atoms with Gasteiger partial charge in [0.05, 0.1) is 27.7 Å². The number of rotatable bonds is 5. The van der Waals surface area contributed by atoms with E-state index in [9.17, 15) is 30.1 Å². The van der Waals surface area contributed by atoms with Gasteiger partial charge in [0.15, 0.2) is 0 Å². The van der Waals surface area contributed by atoms with Gasteiger partial charge in [-0.2, -0.15) is 5.10 Å². The van der Waals surface area contributed by atoms with E-state index in [4.69, 9.17) is 0 Å². The van der Waals surface area contributed by atoms with Gasteiger partial charge < -0.3 is 5.11 Å². The predicted molar refractivity (Wildman–Crippen MR) is 78.5 cm³/mol. The SMILES string of the molecule is O=C(NN=Cc1cc([N+](=O)[O-])cc([N+](=O)[O-])c1[O-])c1cccnc1. The molecule has 1 aromatic heterocycles. The van der Waals surface area contributed by atoms with Gasteiger partial charge in [-0.3, -0.25) is 30.0 Å². The predicted octanol–water partition coefficient (Wildman–Crippen LogP) is 0.735. The van der Waals surface area contributed by atoms with Crippen molar-refractivity contribution in [3.63, 3.8) is 0 Å². The molecule has 0 saturated carbocycles. The van der Waals surface area contributed by atoms with Crippen molar-refractivity contribution in [2.45, 2.75) is 0 Å². The van der Waals surface area contributed by atoms with Crippen LogP contribution in [0.5, 0.6) is 5.75 Å². The normalized spacial score (nSPS) is 10.5. The summed E-state index contributed by atoms with van der Waals surface area (Å²) in [6, 6.07) is 4.39. The summed E-state index contributed by atoms with van der Waals surface area (Å²) in [7, 11) is 0. The van der Waals surface area contributed by atoms with Crippen molar-refractivity contribution in [1.29, 1.82) is 0 Å².